The summed E-state index contributed by atoms with van der Waals surface area (Å²) in [5, 5.41) is 2.75. The van der Waals surface area contributed by atoms with Crippen molar-refractivity contribution in [3.8, 4) is 0 Å². The third-order valence-electron chi connectivity index (χ3n) is 3.09. The molecule has 0 unspecified atom stereocenters. The van der Waals surface area contributed by atoms with Gasteiger partial charge in [0, 0.05) is 25.5 Å². The number of sulfone groups is 1. The van der Waals surface area contributed by atoms with Crippen LogP contribution < -0.4 is 16.0 Å². The van der Waals surface area contributed by atoms with Crippen LogP contribution in [0.1, 0.15) is 5.56 Å². The average Bonchev–Trinajstić information content (AvgIpc) is 2.63. The summed E-state index contributed by atoms with van der Waals surface area (Å²) in [5.74, 6) is 0.0113. The number of nitrogens with one attached hydrogen (secondary N) is 1. The third-order valence-corrected chi connectivity index (χ3v) is 4.01. The summed E-state index contributed by atoms with van der Waals surface area (Å²) in [6, 6.07) is 3.55. The van der Waals surface area contributed by atoms with Crippen molar-refractivity contribution in [1.82, 2.24) is 0 Å². The van der Waals surface area contributed by atoms with Crippen molar-refractivity contribution in [2.24, 2.45) is 0 Å². The van der Waals surface area contributed by atoms with E-state index in [2.05, 4.69) is 5.32 Å². The van der Waals surface area contributed by atoms with Gasteiger partial charge in [0.05, 0.1) is 23.5 Å². The number of carbonyl (C=O) groups excluding carboxylic acids is 1. The molecule has 0 aliphatic carbocycles. The molecule has 0 bridgehead atoms. The van der Waals surface area contributed by atoms with E-state index in [1.165, 1.54) is 6.26 Å². The molecule has 0 saturated heterocycles. The lowest BCUT2D eigenvalue weighted by Gasteiger charge is -2.21. The summed E-state index contributed by atoms with van der Waals surface area (Å²) < 4.78 is 22.3. The van der Waals surface area contributed by atoms with E-state index >= 15 is 0 Å². The van der Waals surface area contributed by atoms with Crippen molar-refractivity contribution in [2.75, 3.05) is 41.6 Å². The normalized spacial score (nSPS) is 14.1. The Balaban J connectivity index is 2.21. The van der Waals surface area contributed by atoms with E-state index < -0.39 is 9.84 Å². The molecule has 2 rings (SSSR count). The maximum absolute atomic E-state index is 11.3. The van der Waals surface area contributed by atoms with E-state index in [1.54, 1.807) is 24.1 Å². The van der Waals surface area contributed by atoms with Crippen LogP contribution in [0.2, 0.25) is 0 Å². The fourth-order valence-electron chi connectivity index (χ4n) is 2.04. The number of amides is 1. The Hall–Kier alpha value is -1.76. The number of hydrogen-bond donors (Lipinski definition) is 2. The molecular formula is C12H17N3O3S. The number of hydrogen-bond acceptors (Lipinski definition) is 5. The Kier molecular flexibility index (Phi) is 3.40. The molecule has 19 heavy (non-hydrogen) atoms. The molecule has 0 saturated carbocycles. The van der Waals surface area contributed by atoms with E-state index in [9.17, 15) is 13.2 Å². The highest BCUT2D eigenvalue weighted by atomic mass is 32.2. The fourth-order valence-corrected chi connectivity index (χ4v) is 2.64. The molecule has 0 fully saturated rings. The summed E-state index contributed by atoms with van der Waals surface area (Å²) in [4.78, 5) is 13.1. The van der Waals surface area contributed by atoms with Crippen LogP contribution in [0.3, 0.4) is 0 Å². The van der Waals surface area contributed by atoms with Gasteiger partial charge in [-0.2, -0.15) is 0 Å². The van der Waals surface area contributed by atoms with E-state index in [1.807, 2.05) is 0 Å². The Morgan fingerprint density at radius 3 is 2.74 bits per heavy atom. The van der Waals surface area contributed by atoms with Gasteiger partial charge in [-0.15, -0.1) is 0 Å². The highest BCUT2D eigenvalue weighted by Gasteiger charge is 2.20. The van der Waals surface area contributed by atoms with Gasteiger partial charge in [0.25, 0.3) is 0 Å². The summed E-state index contributed by atoms with van der Waals surface area (Å²) >= 11 is 0. The van der Waals surface area contributed by atoms with Crippen molar-refractivity contribution in [2.45, 2.75) is 6.42 Å². The van der Waals surface area contributed by atoms with Crippen LogP contribution in [0.15, 0.2) is 12.1 Å². The first-order chi connectivity index (χ1) is 8.76. The largest absolute Gasteiger partial charge is 0.397 e. The van der Waals surface area contributed by atoms with Crippen molar-refractivity contribution in [1.29, 1.82) is 0 Å². The molecule has 1 aromatic rings. The van der Waals surface area contributed by atoms with Crippen molar-refractivity contribution in [3.63, 3.8) is 0 Å². The van der Waals surface area contributed by atoms with E-state index in [-0.39, 0.29) is 11.7 Å². The van der Waals surface area contributed by atoms with Gasteiger partial charge < -0.3 is 16.0 Å². The molecule has 0 radical (unpaired) electrons. The second kappa shape index (κ2) is 4.73. The predicted molar refractivity (Wildman–Crippen MR) is 76.2 cm³/mol. The van der Waals surface area contributed by atoms with E-state index in [0.717, 1.165) is 16.9 Å². The standard InChI is InChI=1S/C12H17N3O3S/c1-15(3-4-19(2,17)18)11-7-10-8(5-9(11)13)6-12(16)14-10/h5,7H,3-4,6,13H2,1-2H3,(H,14,16). The number of benzene rings is 1. The number of nitrogen functional groups attached to an aromatic ring is 1. The number of anilines is 3. The first-order valence-electron chi connectivity index (χ1n) is 5.87. The zero-order chi connectivity index (χ0) is 14.2. The molecule has 0 spiro atoms. The van der Waals surface area contributed by atoms with Crippen LogP contribution in [0, 0.1) is 0 Å². The van der Waals surface area contributed by atoms with E-state index in [4.69, 9.17) is 5.73 Å². The molecule has 3 N–H and O–H groups in total. The highest BCUT2D eigenvalue weighted by molar-refractivity contribution is 7.90. The molecule has 1 aliphatic heterocycles. The Labute approximate surface area is 112 Å². The molecule has 6 nitrogen and oxygen atoms in total. The van der Waals surface area contributed by atoms with Gasteiger partial charge in [0.15, 0.2) is 0 Å². The zero-order valence-electron chi connectivity index (χ0n) is 10.9. The lowest BCUT2D eigenvalue weighted by atomic mass is 10.1. The maximum atomic E-state index is 11.3. The minimum absolute atomic E-state index is 0.0506. The average molecular weight is 283 g/mol. The third kappa shape index (κ3) is 3.17. The van der Waals surface area contributed by atoms with Crippen molar-refractivity contribution < 1.29 is 13.2 Å². The van der Waals surface area contributed by atoms with Crippen LogP contribution in [0.4, 0.5) is 17.1 Å². The minimum Gasteiger partial charge on any atom is -0.397 e. The van der Waals surface area contributed by atoms with Crippen molar-refractivity contribution >= 4 is 32.8 Å². The molecule has 1 heterocycles. The van der Waals surface area contributed by atoms with Gasteiger partial charge in [-0.05, 0) is 17.7 Å². The minimum atomic E-state index is -3.01. The Morgan fingerprint density at radius 2 is 2.11 bits per heavy atom. The molecule has 104 valence electrons. The van der Waals surface area contributed by atoms with Crippen LogP contribution in [-0.4, -0.2) is 39.9 Å². The summed E-state index contributed by atoms with van der Waals surface area (Å²) in [7, 11) is -1.23. The number of carbonyl (C=O) groups is 1. The summed E-state index contributed by atoms with van der Waals surface area (Å²) in [6.45, 7) is 0.357. The van der Waals surface area contributed by atoms with Crippen molar-refractivity contribution in [3.05, 3.63) is 17.7 Å². The smallest absolute Gasteiger partial charge is 0.228 e. The molecule has 1 amide bonds. The maximum Gasteiger partial charge on any atom is 0.228 e. The monoisotopic (exact) mass is 283 g/mol. The second-order valence-corrected chi connectivity index (χ2v) is 7.10. The molecule has 1 aliphatic rings. The first kappa shape index (κ1) is 13.7. The molecule has 1 aromatic carbocycles. The molecule has 7 heteroatoms. The Morgan fingerprint density at radius 1 is 1.42 bits per heavy atom. The topological polar surface area (TPSA) is 92.5 Å². The van der Waals surface area contributed by atoms with Crippen LogP contribution in [0.25, 0.3) is 0 Å². The number of fused-ring (bicyclic) bond motifs is 1. The van der Waals surface area contributed by atoms with Gasteiger partial charge in [-0.1, -0.05) is 0 Å². The van der Waals surface area contributed by atoms with Crippen LogP contribution in [0.5, 0.6) is 0 Å². The lowest BCUT2D eigenvalue weighted by molar-refractivity contribution is -0.115. The molecule has 0 atom stereocenters. The van der Waals surface area contributed by atoms with Gasteiger partial charge >= 0.3 is 0 Å². The number of nitrogens with two attached hydrogens (primary N) is 1. The fraction of sp³-hybridized carbons (Fsp3) is 0.417. The van der Waals surface area contributed by atoms with Gasteiger partial charge in [-0.3, -0.25) is 4.79 Å². The number of rotatable bonds is 4. The SMILES string of the molecule is CN(CCS(C)(=O)=O)c1cc2c(cc1N)CC(=O)N2. The Bertz CT molecular complexity index is 625. The second-order valence-electron chi connectivity index (χ2n) is 4.84. The van der Waals surface area contributed by atoms with E-state index in [0.29, 0.717) is 18.7 Å². The highest BCUT2D eigenvalue weighted by Crippen LogP contribution is 2.33. The quantitative estimate of drug-likeness (QED) is 0.772. The zero-order valence-corrected chi connectivity index (χ0v) is 11.8. The van der Waals surface area contributed by atoms with Gasteiger partial charge in [-0.25, -0.2) is 8.42 Å². The van der Waals surface area contributed by atoms with Crippen LogP contribution >= 0.6 is 0 Å². The summed E-state index contributed by atoms with van der Waals surface area (Å²) in [5.41, 5.74) is 8.85. The van der Waals surface area contributed by atoms with Gasteiger partial charge in [0.2, 0.25) is 5.91 Å². The molecule has 0 aromatic heterocycles. The number of nitrogens with zero attached hydrogens (tertiary/aromatic N) is 1. The first-order valence-corrected chi connectivity index (χ1v) is 7.93. The summed E-state index contributed by atoms with van der Waals surface area (Å²) in [6.07, 6.45) is 1.54. The van der Waals surface area contributed by atoms with Crippen LogP contribution in [-0.2, 0) is 21.1 Å². The lowest BCUT2D eigenvalue weighted by Crippen LogP contribution is -2.25. The van der Waals surface area contributed by atoms with Gasteiger partial charge in [0.1, 0.15) is 9.84 Å². The molecular weight excluding hydrogens is 266 g/mol. The predicted octanol–water partition coefficient (Wildman–Crippen LogP) is 0.244.